The van der Waals surface area contributed by atoms with Gasteiger partial charge in [-0.15, -0.1) is 0 Å². The van der Waals surface area contributed by atoms with E-state index in [1.807, 2.05) is 6.07 Å². The maximum atomic E-state index is 11.5. The lowest BCUT2D eigenvalue weighted by molar-refractivity contribution is 0.0939. The highest BCUT2D eigenvalue weighted by atomic mass is 16.3. The monoisotopic (exact) mass is 193 g/mol. The zero-order chi connectivity index (χ0) is 10.3. The Hall–Kier alpha value is -1.09. The zero-order valence-corrected chi connectivity index (χ0v) is 8.49. The second kappa shape index (κ2) is 3.24. The molecule has 1 aromatic heterocycles. The van der Waals surface area contributed by atoms with Crippen LogP contribution < -0.4 is 5.73 Å². The van der Waals surface area contributed by atoms with Crippen molar-refractivity contribution in [1.29, 1.82) is 0 Å². The number of hydrogen-bond acceptors (Lipinski definition) is 3. The molecule has 2 rings (SSSR count). The first-order chi connectivity index (χ1) is 6.59. The summed E-state index contributed by atoms with van der Waals surface area (Å²) in [7, 11) is 0. The molecular weight excluding hydrogens is 178 g/mol. The summed E-state index contributed by atoms with van der Waals surface area (Å²) >= 11 is 0. The molecule has 76 valence electrons. The van der Waals surface area contributed by atoms with Crippen molar-refractivity contribution in [2.45, 2.75) is 32.2 Å². The van der Waals surface area contributed by atoms with Crippen LogP contribution in [0.5, 0.6) is 0 Å². The van der Waals surface area contributed by atoms with Gasteiger partial charge in [0.1, 0.15) is 5.76 Å². The Morgan fingerprint density at radius 1 is 1.64 bits per heavy atom. The molecule has 0 amide bonds. The maximum absolute atomic E-state index is 11.5. The van der Waals surface area contributed by atoms with Crippen LogP contribution in [0.4, 0.5) is 0 Å². The Labute approximate surface area is 83.3 Å². The van der Waals surface area contributed by atoms with Gasteiger partial charge in [0.05, 0.1) is 6.04 Å². The van der Waals surface area contributed by atoms with Crippen molar-refractivity contribution in [2.24, 2.45) is 11.7 Å². The van der Waals surface area contributed by atoms with Crippen LogP contribution in [0.3, 0.4) is 0 Å². The van der Waals surface area contributed by atoms with Crippen LogP contribution in [0.1, 0.15) is 42.5 Å². The van der Waals surface area contributed by atoms with E-state index in [4.69, 9.17) is 10.2 Å². The van der Waals surface area contributed by atoms with Crippen LogP contribution in [0, 0.1) is 5.92 Å². The average Bonchev–Trinajstić information content (AvgIpc) is 2.67. The number of ketones is 1. The largest absolute Gasteiger partial charge is 0.458 e. The minimum atomic E-state index is -0.481. The first-order valence-electron chi connectivity index (χ1n) is 4.99. The van der Waals surface area contributed by atoms with E-state index in [2.05, 4.69) is 6.92 Å². The number of carbonyl (C=O) groups is 1. The third-order valence-corrected chi connectivity index (χ3v) is 2.76. The molecule has 2 N–H and O–H groups in total. The van der Waals surface area contributed by atoms with Crippen LogP contribution in [0.2, 0.25) is 0 Å². The summed E-state index contributed by atoms with van der Waals surface area (Å²) in [5, 5.41) is 0. The fraction of sp³-hybridized carbons (Fsp3) is 0.545. The molecule has 1 fully saturated rings. The first-order valence-corrected chi connectivity index (χ1v) is 4.99. The third-order valence-electron chi connectivity index (χ3n) is 2.76. The highest BCUT2D eigenvalue weighted by Crippen LogP contribution is 2.47. The van der Waals surface area contributed by atoms with Crippen LogP contribution in [0.15, 0.2) is 16.5 Å². The van der Waals surface area contributed by atoms with Crippen LogP contribution in [-0.2, 0) is 0 Å². The van der Waals surface area contributed by atoms with Crippen molar-refractivity contribution in [2.75, 3.05) is 0 Å². The SMILES string of the molecule is CC(N)C(=O)c1ccc(C2CC2C)o1. The molecule has 0 saturated heterocycles. The molecule has 0 bridgehead atoms. The van der Waals surface area contributed by atoms with E-state index in [1.54, 1.807) is 13.0 Å². The third kappa shape index (κ3) is 1.60. The maximum Gasteiger partial charge on any atom is 0.214 e. The molecule has 1 saturated carbocycles. The molecule has 14 heavy (non-hydrogen) atoms. The topological polar surface area (TPSA) is 56.2 Å². The summed E-state index contributed by atoms with van der Waals surface area (Å²) in [5.41, 5.74) is 5.49. The van der Waals surface area contributed by atoms with Crippen molar-refractivity contribution in [3.63, 3.8) is 0 Å². The molecular formula is C11H15NO2. The van der Waals surface area contributed by atoms with E-state index >= 15 is 0 Å². The number of furan rings is 1. The Kier molecular flexibility index (Phi) is 2.19. The number of rotatable bonds is 3. The molecule has 3 unspecified atom stereocenters. The fourth-order valence-corrected chi connectivity index (χ4v) is 1.63. The zero-order valence-electron chi connectivity index (χ0n) is 8.49. The second-order valence-electron chi connectivity index (χ2n) is 4.17. The van der Waals surface area contributed by atoms with Gasteiger partial charge in [0, 0.05) is 5.92 Å². The molecule has 0 spiro atoms. The van der Waals surface area contributed by atoms with E-state index in [1.165, 1.54) is 6.42 Å². The summed E-state index contributed by atoms with van der Waals surface area (Å²) in [6, 6.07) is 3.14. The lowest BCUT2D eigenvalue weighted by Crippen LogP contribution is -2.26. The minimum absolute atomic E-state index is 0.121. The molecule has 3 heteroatoms. The molecule has 0 aliphatic heterocycles. The number of hydrogen-bond donors (Lipinski definition) is 1. The smallest absolute Gasteiger partial charge is 0.214 e. The van der Waals surface area contributed by atoms with Gasteiger partial charge >= 0.3 is 0 Å². The van der Waals surface area contributed by atoms with E-state index in [9.17, 15) is 4.79 Å². The van der Waals surface area contributed by atoms with E-state index in [0.717, 1.165) is 5.76 Å². The molecule has 3 atom stereocenters. The molecule has 3 nitrogen and oxygen atoms in total. The van der Waals surface area contributed by atoms with E-state index in [-0.39, 0.29) is 5.78 Å². The highest BCUT2D eigenvalue weighted by Gasteiger charge is 2.37. The Morgan fingerprint density at radius 2 is 2.29 bits per heavy atom. The Balaban J connectivity index is 2.14. The fourth-order valence-electron chi connectivity index (χ4n) is 1.63. The van der Waals surface area contributed by atoms with Gasteiger partial charge in [0.25, 0.3) is 0 Å². The first kappa shape index (κ1) is 9.46. The van der Waals surface area contributed by atoms with Gasteiger partial charge in [0.15, 0.2) is 5.76 Å². The van der Waals surface area contributed by atoms with Crippen molar-refractivity contribution in [1.82, 2.24) is 0 Å². The normalized spacial score (nSPS) is 27.4. The molecule has 0 aromatic carbocycles. The Morgan fingerprint density at radius 3 is 2.79 bits per heavy atom. The van der Waals surface area contributed by atoms with Crippen molar-refractivity contribution >= 4 is 5.78 Å². The summed E-state index contributed by atoms with van der Waals surface area (Å²) in [5.74, 6) is 2.42. The predicted octanol–water partition coefficient (Wildman–Crippen LogP) is 1.93. The number of nitrogens with two attached hydrogens (primary N) is 1. The van der Waals surface area contributed by atoms with Crippen LogP contribution in [0.25, 0.3) is 0 Å². The summed E-state index contributed by atoms with van der Waals surface area (Å²) < 4.78 is 5.47. The van der Waals surface area contributed by atoms with Gasteiger partial charge < -0.3 is 10.2 Å². The number of carbonyl (C=O) groups excluding carboxylic acids is 1. The van der Waals surface area contributed by atoms with Crippen molar-refractivity contribution < 1.29 is 9.21 Å². The average molecular weight is 193 g/mol. The Bertz CT molecular complexity index is 354. The second-order valence-corrected chi connectivity index (χ2v) is 4.17. The van der Waals surface area contributed by atoms with Gasteiger partial charge in [-0.1, -0.05) is 6.92 Å². The lowest BCUT2D eigenvalue weighted by Gasteiger charge is -1.99. The van der Waals surface area contributed by atoms with Crippen molar-refractivity contribution in [3.8, 4) is 0 Å². The van der Waals surface area contributed by atoms with Gasteiger partial charge in [-0.2, -0.15) is 0 Å². The number of Topliss-reactive ketones (excluding diaryl/α,β-unsaturated/α-hetero) is 1. The standard InChI is InChI=1S/C11H15NO2/c1-6-5-8(6)9-3-4-10(14-9)11(13)7(2)12/h3-4,6-8H,5,12H2,1-2H3. The quantitative estimate of drug-likeness (QED) is 0.746. The molecule has 1 heterocycles. The summed E-state index contributed by atoms with van der Waals surface area (Å²) in [6.07, 6.45) is 1.17. The highest BCUT2D eigenvalue weighted by molar-refractivity contribution is 5.97. The molecule has 1 aliphatic carbocycles. The molecule has 0 radical (unpaired) electrons. The van der Waals surface area contributed by atoms with Crippen LogP contribution in [-0.4, -0.2) is 11.8 Å². The summed E-state index contributed by atoms with van der Waals surface area (Å²) in [6.45, 7) is 3.85. The van der Waals surface area contributed by atoms with Crippen molar-refractivity contribution in [3.05, 3.63) is 23.7 Å². The van der Waals surface area contributed by atoms with Gasteiger partial charge in [-0.3, -0.25) is 4.79 Å². The molecule has 1 aliphatic rings. The molecule has 1 aromatic rings. The minimum Gasteiger partial charge on any atom is -0.458 e. The van der Waals surface area contributed by atoms with Gasteiger partial charge in [-0.25, -0.2) is 0 Å². The van der Waals surface area contributed by atoms with E-state index in [0.29, 0.717) is 17.6 Å². The van der Waals surface area contributed by atoms with Gasteiger partial charge in [-0.05, 0) is 31.4 Å². The summed E-state index contributed by atoms with van der Waals surface area (Å²) in [4.78, 5) is 11.5. The van der Waals surface area contributed by atoms with Gasteiger partial charge in [0.2, 0.25) is 5.78 Å². The predicted molar refractivity (Wildman–Crippen MR) is 53.2 cm³/mol. The van der Waals surface area contributed by atoms with E-state index < -0.39 is 6.04 Å². The lowest BCUT2D eigenvalue weighted by atomic mass is 10.2. The van der Waals surface area contributed by atoms with Crippen LogP contribution >= 0.6 is 0 Å².